The maximum atomic E-state index is 13.4. The lowest BCUT2D eigenvalue weighted by Crippen LogP contribution is -2.39. The van der Waals surface area contributed by atoms with Crippen LogP contribution in [-0.4, -0.2) is 16.6 Å². The third kappa shape index (κ3) is 3.90. The van der Waals surface area contributed by atoms with Gasteiger partial charge in [0, 0.05) is 28.9 Å². The largest absolute Gasteiger partial charge is 0.508 e. The van der Waals surface area contributed by atoms with Gasteiger partial charge >= 0.3 is 6.18 Å². The van der Waals surface area contributed by atoms with Crippen molar-refractivity contribution in [3.8, 4) is 5.75 Å². The van der Waals surface area contributed by atoms with Crippen molar-refractivity contribution in [2.75, 3.05) is 6.54 Å². The molecule has 1 aromatic carbocycles. The van der Waals surface area contributed by atoms with E-state index in [9.17, 15) is 18.3 Å². The quantitative estimate of drug-likeness (QED) is 0.788. The van der Waals surface area contributed by atoms with Crippen molar-refractivity contribution in [2.24, 2.45) is 10.9 Å². The third-order valence-corrected chi connectivity index (χ3v) is 6.60. The first-order valence-corrected chi connectivity index (χ1v) is 10.6. The molecule has 150 valence electrons. The molecule has 1 unspecified atom stereocenters. The molecular formula is C21H23F3N2OS. The van der Waals surface area contributed by atoms with Gasteiger partial charge in [-0.1, -0.05) is 50.3 Å². The summed E-state index contributed by atoms with van der Waals surface area (Å²) in [7, 11) is 0. The van der Waals surface area contributed by atoms with Gasteiger partial charge in [-0.05, 0) is 18.4 Å². The van der Waals surface area contributed by atoms with Gasteiger partial charge in [-0.2, -0.15) is 13.2 Å². The molecule has 0 bridgehead atoms. The number of halogens is 3. The van der Waals surface area contributed by atoms with Gasteiger partial charge in [0.05, 0.1) is 5.56 Å². The number of phenolic OH excluding ortho intramolecular Hbond substituents is 1. The summed E-state index contributed by atoms with van der Waals surface area (Å²) < 4.78 is 40.5. The average Bonchev–Trinajstić information content (AvgIpc) is 3.10. The minimum absolute atomic E-state index is 0.114. The minimum atomic E-state index is -4.40. The topological polar surface area (TPSA) is 35.8 Å². The Kier molecular flexibility index (Phi) is 5.36. The zero-order valence-electron chi connectivity index (χ0n) is 15.5. The van der Waals surface area contributed by atoms with Crippen molar-refractivity contribution < 1.29 is 18.3 Å². The molecule has 2 aliphatic rings. The molecule has 1 aromatic heterocycles. The first kappa shape index (κ1) is 19.3. The van der Waals surface area contributed by atoms with E-state index in [2.05, 4.69) is 4.99 Å². The number of thiophene rings is 1. The van der Waals surface area contributed by atoms with Gasteiger partial charge < -0.3 is 10.0 Å². The van der Waals surface area contributed by atoms with Crippen LogP contribution in [0.2, 0.25) is 0 Å². The molecule has 1 saturated carbocycles. The van der Waals surface area contributed by atoms with Crippen LogP contribution in [0.4, 0.5) is 13.2 Å². The number of hydrogen-bond donors (Lipinski definition) is 1. The van der Waals surface area contributed by atoms with Crippen molar-refractivity contribution in [3.63, 3.8) is 0 Å². The molecule has 7 heteroatoms. The molecule has 1 fully saturated rings. The maximum absolute atomic E-state index is 13.4. The van der Waals surface area contributed by atoms with Gasteiger partial charge in [0.2, 0.25) is 0 Å². The molecule has 1 atom stereocenters. The van der Waals surface area contributed by atoms with E-state index >= 15 is 0 Å². The zero-order valence-corrected chi connectivity index (χ0v) is 16.3. The lowest BCUT2D eigenvalue weighted by atomic mass is 9.87. The number of hydrogen-bond acceptors (Lipinski definition) is 4. The standard InChI is InChI=1S/C21H23F3N2OS/c22-21(23,24)17-13-28-20-16(17)12-26(11-10-14-6-2-1-3-7-14)19(25-20)15-8-4-5-9-18(15)27/h4-5,8-9,12-14,19,27H,1-3,6-7,10-11H2. The van der Waals surface area contributed by atoms with E-state index in [0.29, 0.717) is 22.7 Å². The van der Waals surface area contributed by atoms with Gasteiger partial charge in [-0.25, -0.2) is 4.99 Å². The maximum Gasteiger partial charge on any atom is 0.417 e. The highest BCUT2D eigenvalue weighted by molar-refractivity contribution is 7.07. The van der Waals surface area contributed by atoms with E-state index in [1.165, 1.54) is 32.1 Å². The Morgan fingerprint density at radius 3 is 2.61 bits per heavy atom. The molecule has 4 rings (SSSR count). The van der Waals surface area contributed by atoms with Crippen molar-refractivity contribution >= 4 is 17.5 Å². The summed E-state index contributed by atoms with van der Waals surface area (Å²) in [6.07, 6.45) is 3.73. The second-order valence-electron chi connectivity index (χ2n) is 7.59. The lowest BCUT2D eigenvalue weighted by Gasteiger charge is -2.32. The minimum Gasteiger partial charge on any atom is -0.508 e. The highest BCUT2D eigenvalue weighted by Gasteiger charge is 2.35. The number of nitrogens with zero attached hydrogens (tertiary/aromatic N) is 2. The van der Waals surface area contributed by atoms with Crippen molar-refractivity contribution in [2.45, 2.75) is 50.9 Å². The highest BCUT2D eigenvalue weighted by Crippen LogP contribution is 2.34. The molecule has 0 spiro atoms. The number of rotatable bonds is 4. The zero-order chi connectivity index (χ0) is 19.7. The van der Waals surface area contributed by atoms with E-state index in [4.69, 9.17) is 0 Å². The van der Waals surface area contributed by atoms with E-state index in [0.717, 1.165) is 23.1 Å². The van der Waals surface area contributed by atoms with Crippen LogP contribution < -0.4 is 9.89 Å². The Morgan fingerprint density at radius 1 is 1.14 bits per heavy atom. The summed E-state index contributed by atoms with van der Waals surface area (Å²) in [5.74, 6) is 0.724. The Balaban J connectivity index is 1.70. The molecule has 2 heterocycles. The van der Waals surface area contributed by atoms with Crippen LogP contribution in [0.3, 0.4) is 0 Å². The summed E-state index contributed by atoms with van der Waals surface area (Å²) in [5.41, 5.74) is -0.00958. The highest BCUT2D eigenvalue weighted by atomic mass is 32.1. The number of para-hydroxylation sites is 1. The summed E-state index contributed by atoms with van der Waals surface area (Å²) in [4.78, 5) is 6.48. The molecule has 1 N–H and O–H groups in total. The molecular weight excluding hydrogens is 385 g/mol. The molecule has 28 heavy (non-hydrogen) atoms. The second-order valence-corrected chi connectivity index (χ2v) is 8.45. The normalized spacial score (nSPS) is 20.4. The predicted molar refractivity (Wildman–Crippen MR) is 103 cm³/mol. The Labute approximate surface area is 165 Å². The van der Waals surface area contributed by atoms with E-state index < -0.39 is 17.9 Å². The van der Waals surface area contributed by atoms with Crippen LogP contribution in [0.1, 0.15) is 55.8 Å². The van der Waals surface area contributed by atoms with E-state index in [1.54, 1.807) is 24.4 Å². The number of phenols is 1. The van der Waals surface area contributed by atoms with Gasteiger partial charge in [-0.3, -0.25) is 0 Å². The van der Waals surface area contributed by atoms with Gasteiger partial charge in [0.25, 0.3) is 0 Å². The van der Waals surface area contributed by atoms with Crippen LogP contribution in [0.25, 0.3) is 6.20 Å². The van der Waals surface area contributed by atoms with E-state index in [-0.39, 0.29) is 11.0 Å². The number of aromatic hydroxyl groups is 1. The first-order valence-electron chi connectivity index (χ1n) is 9.71. The van der Waals surface area contributed by atoms with Crippen LogP contribution >= 0.6 is 11.3 Å². The number of benzene rings is 1. The Bertz CT molecular complexity index is 947. The molecule has 1 aliphatic carbocycles. The fraction of sp³-hybridized carbons (Fsp3) is 0.476. The third-order valence-electron chi connectivity index (χ3n) is 5.70. The number of alkyl halides is 3. The monoisotopic (exact) mass is 408 g/mol. The smallest absolute Gasteiger partial charge is 0.417 e. The molecule has 0 amide bonds. The summed E-state index contributed by atoms with van der Waals surface area (Å²) in [5, 5.41) is 11.6. The molecule has 3 nitrogen and oxygen atoms in total. The van der Waals surface area contributed by atoms with Crippen LogP contribution in [0.5, 0.6) is 5.75 Å². The fourth-order valence-electron chi connectivity index (χ4n) is 4.17. The summed E-state index contributed by atoms with van der Waals surface area (Å²) >= 11 is 1.01. The lowest BCUT2D eigenvalue weighted by molar-refractivity contribution is -0.138. The number of fused-ring (bicyclic) bond motifs is 1. The molecule has 0 radical (unpaired) electrons. The fourth-order valence-corrected chi connectivity index (χ4v) is 5.11. The molecule has 0 saturated heterocycles. The molecule has 2 aromatic rings. The van der Waals surface area contributed by atoms with Crippen LogP contribution in [0.15, 0.2) is 34.6 Å². The summed E-state index contributed by atoms with van der Waals surface area (Å²) in [6.45, 7) is 0.625. The Hall–Kier alpha value is -2.02. The Morgan fingerprint density at radius 2 is 1.89 bits per heavy atom. The summed E-state index contributed by atoms with van der Waals surface area (Å²) in [6, 6.07) is 6.93. The van der Waals surface area contributed by atoms with Crippen LogP contribution in [0, 0.1) is 5.92 Å². The van der Waals surface area contributed by atoms with E-state index in [1.807, 2.05) is 11.0 Å². The molecule has 1 aliphatic heterocycles. The SMILES string of the molecule is Oc1ccccc1C1N=c2scc(C(F)(F)F)c2=CN1CCC1CCCCC1. The van der Waals surface area contributed by atoms with Crippen LogP contribution in [-0.2, 0) is 6.18 Å². The first-order chi connectivity index (χ1) is 13.4. The average molecular weight is 408 g/mol. The van der Waals surface area contributed by atoms with Crippen molar-refractivity contribution in [1.29, 1.82) is 0 Å². The second kappa shape index (κ2) is 7.78. The van der Waals surface area contributed by atoms with Crippen molar-refractivity contribution in [3.05, 3.63) is 50.7 Å². The van der Waals surface area contributed by atoms with Gasteiger partial charge in [0.15, 0.2) is 6.17 Å². The van der Waals surface area contributed by atoms with Gasteiger partial charge in [0.1, 0.15) is 10.4 Å². The van der Waals surface area contributed by atoms with Gasteiger partial charge in [-0.15, -0.1) is 11.3 Å². The predicted octanol–water partition coefficient (Wildman–Crippen LogP) is 4.81. The van der Waals surface area contributed by atoms with Crippen molar-refractivity contribution in [1.82, 2.24) is 4.90 Å².